The van der Waals surface area contributed by atoms with Crippen molar-refractivity contribution in [2.24, 2.45) is 22.7 Å². The molecule has 0 aromatic rings. The number of amides is 5. The first kappa shape index (κ1) is 41.6. The van der Waals surface area contributed by atoms with E-state index < -0.39 is 76.1 Å². The van der Waals surface area contributed by atoms with E-state index in [0.29, 0.717) is 12.8 Å². The second-order valence-electron chi connectivity index (χ2n) is 16.1. The van der Waals surface area contributed by atoms with Crippen molar-refractivity contribution >= 4 is 35.5 Å². The molecule has 268 valence electrons. The second kappa shape index (κ2) is 17.1. The molecule has 0 saturated carbocycles. The van der Waals surface area contributed by atoms with Gasteiger partial charge in [-0.05, 0) is 56.3 Å². The van der Waals surface area contributed by atoms with Crippen LogP contribution in [0, 0.1) is 22.7 Å². The Bertz CT molecular complexity index is 1150. The smallest absolute Gasteiger partial charge is 0.329 e. The Labute approximate surface area is 281 Å². The molecule has 1 heterocycles. The standard InChI is InChI=1S/C35H61N5O7/c1-14-16-17-23(25(41)29(43)36-18-15-2)37-28(42)24-19-22(21(3)4)20-40(24)30(44)26(33(5,6)7)38-32(46)39-27(34(8,9)10)31(45)47-35(11,12)13/h15,21-24,26-27H,2,14,16-20H2,1,3-13H3,(H,36,43)(H,37,42)(H2,38,39,46)/t22-,23?,24+,26-,27-/m1/s1. The number of hydrogen-bond acceptors (Lipinski definition) is 7. The molecule has 0 aromatic heterocycles. The Hall–Kier alpha value is -3.44. The number of nitrogens with zero attached hydrogens (tertiary/aromatic N) is 1. The SMILES string of the molecule is C=CCNC(=O)C(=O)C(CCCC)NC(=O)[C@@H]1C[C@@H](C(C)C)CN1C(=O)[C@@H](NC(=O)N[C@H](C(=O)OC(C)(C)C)C(C)(C)C)C(C)(C)C. The van der Waals surface area contributed by atoms with Crippen LogP contribution in [0.1, 0.15) is 109 Å². The van der Waals surface area contributed by atoms with Crippen molar-refractivity contribution in [2.45, 2.75) is 139 Å². The number of likely N-dealkylation sites (tertiary alicyclic amines) is 1. The van der Waals surface area contributed by atoms with Gasteiger partial charge in [-0.25, -0.2) is 9.59 Å². The van der Waals surface area contributed by atoms with Gasteiger partial charge < -0.3 is 30.9 Å². The zero-order chi connectivity index (χ0) is 36.5. The maximum atomic E-state index is 14.3. The summed E-state index contributed by atoms with van der Waals surface area (Å²) in [6, 6.07) is -4.76. The van der Waals surface area contributed by atoms with Crippen LogP contribution in [0.3, 0.4) is 0 Å². The molecule has 0 spiro atoms. The van der Waals surface area contributed by atoms with Gasteiger partial charge in [0.15, 0.2) is 0 Å². The summed E-state index contributed by atoms with van der Waals surface area (Å²) in [7, 11) is 0. The monoisotopic (exact) mass is 663 g/mol. The molecule has 0 radical (unpaired) electrons. The third-order valence-corrected chi connectivity index (χ3v) is 8.14. The van der Waals surface area contributed by atoms with Gasteiger partial charge in [-0.1, -0.05) is 81.2 Å². The minimum atomic E-state index is -1.06. The molecule has 0 bridgehead atoms. The van der Waals surface area contributed by atoms with Crippen LogP contribution in [0.2, 0.25) is 0 Å². The lowest BCUT2D eigenvalue weighted by atomic mass is 9.85. The molecule has 4 N–H and O–H groups in total. The number of carbonyl (C=O) groups is 6. The second-order valence-corrected chi connectivity index (χ2v) is 16.1. The number of esters is 1. The maximum Gasteiger partial charge on any atom is 0.329 e. The average molecular weight is 664 g/mol. The van der Waals surface area contributed by atoms with Gasteiger partial charge in [0, 0.05) is 13.1 Å². The van der Waals surface area contributed by atoms with Gasteiger partial charge in [0.1, 0.15) is 23.7 Å². The number of hydrogen-bond donors (Lipinski definition) is 4. The van der Waals surface area contributed by atoms with E-state index in [1.165, 1.54) is 11.0 Å². The molecule has 12 nitrogen and oxygen atoms in total. The highest BCUT2D eigenvalue weighted by molar-refractivity contribution is 6.38. The largest absolute Gasteiger partial charge is 0.458 e. The summed E-state index contributed by atoms with van der Waals surface area (Å²) in [4.78, 5) is 81.6. The van der Waals surface area contributed by atoms with E-state index >= 15 is 0 Å². The first-order chi connectivity index (χ1) is 21.4. The molecular formula is C35H61N5O7. The molecule has 1 saturated heterocycles. The van der Waals surface area contributed by atoms with E-state index in [1.807, 2.05) is 20.8 Å². The summed E-state index contributed by atoms with van der Waals surface area (Å²) >= 11 is 0. The molecule has 0 aliphatic carbocycles. The Morgan fingerprint density at radius 3 is 1.91 bits per heavy atom. The van der Waals surface area contributed by atoms with Crippen molar-refractivity contribution in [2.75, 3.05) is 13.1 Å². The molecule has 1 fully saturated rings. The Morgan fingerprint density at radius 2 is 1.45 bits per heavy atom. The maximum absolute atomic E-state index is 14.3. The van der Waals surface area contributed by atoms with Crippen molar-refractivity contribution in [1.82, 2.24) is 26.2 Å². The van der Waals surface area contributed by atoms with E-state index in [9.17, 15) is 28.8 Å². The number of rotatable bonds is 14. The first-order valence-electron chi connectivity index (χ1n) is 16.8. The van der Waals surface area contributed by atoms with Crippen LogP contribution in [-0.2, 0) is 28.7 Å². The fraction of sp³-hybridized carbons (Fsp3) is 0.771. The predicted molar refractivity (Wildman–Crippen MR) is 182 cm³/mol. The molecular weight excluding hydrogens is 602 g/mol. The fourth-order valence-electron chi connectivity index (χ4n) is 5.31. The van der Waals surface area contributed by atoms with E-state index in [4.69, 9.17) is 4.74 Å². The van der Waals surface area contributed by atoms with Crippen LogP contribution in [0.25, 0.3) is 0 Å². The molecule has 47 heavy (non-hydrogen) atoms. The van der Waals surface area contributed by atoms with Gasteiger partial charge in [0.25, 0.3) is 5.91 Å². The number of carbonyl (C=O) groups excluding carboxylic acids is 6. The van der Waals surface area contributed by atoms with Crippen molar-refractivity contribution in [3.63, 3.8) is 0 Å². The summed E-state index contributed by atoms with van der Waals surface area (Å²) in [6.45, 7) is 25.9. The molecule has 12 heteroatoms. The van der Waals surface area contributed by atoms with Crippen LogP contribution in [0.5, 0.6) is 0 Å². The van der Waals surface area contributed by atoms with Crippen molar-refractivity contribution < 1.29 is 33.5 Å². The van der Waals surface area contributed by atoms with Gasteiger partial charge in [0.2, 0.25) is 17.6 Å². The summed E-state index contributed by atoms with van der Waals surface area (Å²) < 4.78 is 5.56. The highest BCUT2D eigenvalue weighted by Crippen LogP contribution is 2.32. The Balaban J connectivity index is 3.35. The van der Waals surface area contributed by atoms with Crippen LogP contribution in [0.15, 0.2) is 12.7 Å². The number of Topliss-reactive ketones (excluding diaryl/α,β-unsaturated/α-hetero) is 1. The van der Waals surface area contributed by atoms with Crippen LogP contribution >= 0.6 is 0 Å². The number of ketones is 1. The zero-order valence-corrected chi connectivity index (χ0v) is 30.8. The van der Waals surface area contributed by atoms with Gasteiger partial charge in [0.05, 0.1) is 6.04 Å². The molecule has 1 rings (SSSR count). The molecule has 5 amide bonds. The number of urea groups is 1. The molecule has 0 aromatic carbocycles. The average Bonchev–Trinajstić information content (AvgIpc) is 3.38. The fourth-order valence-corrected chi connectivity index (χ4v) is 5.31. The lowest BCUT2D eigenvalue weighted by Crippen LogP contribution is -2.62. The van der Waals surface area contributed by atoms with Crippen molar-refractivity contribution in [3.05, 3.63) is 12.7 Å². The topological polar surface area (TPSA) is 163 Å². The summed E-state index contributed by atoms with van der Waals surface area (Å²) in [5, 5.41) is 10.7. The lowest BCUT2D eigenvalue weighted by molar-refractivity contribution is -0.160. The van der Waals surface area contributed by atoms with E-state index in [-0.39, 0.29) is 31.3 Å². The summed E-state index contributed by atoms with van der Waals surface area (Å²) in [5.74, 6) is -3.01. The van der Waals surface area contributed by atoms with Crippen molar-refractivity contribution in [3.8, 4) is 0 Å². The predicted octanol–water partition coefficient (Wildman–Crippen LogP) is 3.88. The third kappa shape index (κ3) is 12.9. The normalized spacial score (nSPS) is 18.9. The molecule has 5 atom stereocenters. The Morgan fingerprint density at radius 1 is 0.894 bits per heavy atom. The van der Waals surface area contributed by atoms with Crippen LogP contribution in [0.4, 0.5) is 4.79 Å². The van der Waals surface area contributed by atoms with Crippen LogP contribution in [-0.4, -0.2) is 83.3 Å². The van der Waals surface area contributed by atoms with Gasteiger partial charge in [-0.2, -0.15) is 0 Å². The zero-order valence-electron chi connectivity index (χ0n) is 30.8. The first-order valence-corrected chi connectivity index (χ1v) is 16.8. The van der Waals surface area contributed by atoms with Gasteiger partial charge in [-0.3, -0.25) is 19.2 Å². The van der Waals surface area contributed by atoms with E-state index in [1.54, 1.807) is 62.3 Å². The number of ether oxygens (including phenoxy) is 1. The highest BCUT2D eigenvalue weighted by atomic mass is 16.6. The van der Waals surface area contributed by atoms with E-state index in [2.05, 4.69) is 27.8 Å². The summed E-state index contributed by atoms with van der Waals surface area (Å²) in [6.07, 6.45) is 3.45. The Kier molecular flexibility index (Phi) is 15.1. The van der Waals surface area contributed by atoms with E-state index in [0.717, 1.165) is 6.42 Å². The minimum Gasteiger partial charge on any atom is -0.458 e. The molecule has 1 unspecified atom stereocenters. The molecule has 1 aliphatic rings. The minimum absolute atomic E-state index is 0.0118. The number of unbranched alkanes of at least 4 members (excludes halogenated alkanes) is 1. The highest BCUT2D eigenvalue weighted by Gasteiger charge is 2.46. The third-order valence-electron chi connectivity index (χ3n) is 8.14. The van der Waals surface area contributed by atoms with Crippen molar-refractivity contribution in [1.29, 1.82) is 0 Å². The van der Waals surface area contributed by atoms with Gasteiger partial charge >= 0.3 is 12.0 Å². The summed E-state index contributed by atoms with van der Waals surface area (Å²) in [5.41, 5.74) is -2.24. The number of nitrogens with one attached hydrogen (secondary N) is 4. The van der Waals surface area contributed by atoms with Crippen LogP contribution < -0.4 is 21.3 Å². The molecule has 1 aliphatic heterocycles. The lowest BCUT2D eigenvalue weighted by Gasteiger charge is -2.37. The van der Waals surface area contributed by atoms with Gasteiger partial charge in [-0.15, -0.1) is 6.58 Å². The quantitative estimate of drug-likeness (QED) is 0.125.